The first-order valence-electron chi connectivity index (χ1n) is 11.5. The number of hydrogen-bond donors (Lipinski definition) is 0. The van der Waals surface area contributed by atoms with Gasteiger partial charge in [-0.15, -0.1) is 11.3 Å². The number of hydrogen-bond acceptors (Lipinski definition) is 7. The Morgan fingerprint density at radius 2 is 1.86 bits per heavy atom. The maximum atomic E-state index is 14.1. The van der Waals surface area contributed by atoms with Crippen LogP contribution < -0.4 is 10.5 Å². The summed E-state index contributed by atoms with van der Waals surface area (Å²) in [6.45, 7) is 4.16. The molecule has 35 heavy (non-hydrogen) atoms. The summed E-state index contributed by atoms with van der Waals surface area (Å²) >= 11 is 1.56. The van der Waals surface area contributed by atoms with Crippen molar-refractivity contribution in [3.8, 4) is 0 Å². The summed E-state index contributed by atoms with van der Waals surface area (Å²) in [4.78, 5) is 28.4. The largest absolute Gasteiger partial charge is 0.509 e. The molecule has 0 atom stereocenters. The summed E-state index contributed by atoms with van der Waals surface area (Å²) in [5.41, 5.74) is 2.55. The highest BCUT2D eigenvalue weighted by molar-refractivity contribution is 7.17. The number of carbonyl (C=O) groups is 1. The Hall–Kier alpha value is -3.43. The van der Waals surface area contributed by atoms with Gasteiger partial charge < -0.3 is 14.4 Å². The first-order valence-corrected chi connectivity index (χ1v) is 12.4. The highest BCUT2D eigenvalue weighted by Crippen LogP contribution is 2.32. The SMILES string of the molecule is COC(=O)OCn1c(=O)ccc2ccc(CCN3CCN(c4cc(F)cc5sccc45)CC3)cc21. The second kappa shape index (κ2) is 10.1. The molecule has 5 rings (SSSR count). The maximum absolute atomic E-state index is 14.1. The Labute approximate surface area is 205 Å². The predicted octanol–water partition coefficient (Wildman–Crippen LogP) is 4.46. The van der Waals surface area contributed by atoms with E-state index in [0.717, 1.165) is 71.4 Å². The molecular formula is C26H26FN3O4S. The summed E-state index contributed by atoms with van der Waals surface area (Å²) in [7, 11) is 1.23. The Kier molecular flexibility index (Phi) is 6.70. The predicted molar refractivity (Wildman–Crippen MR) is 136 cm³/mol. The van der Waals surface area contributed by atoms with Crippen molar-refractivity contribution < 1.29 is 18.7 Å². The van der Waals surface area contributed by atoms with Crippen LogP contribution in [0.4, 0.5) is 14.9 Å². The van der Waals surface area contributed by atoms with E-state index >= 15 is 0 Å². The number of piperazine rings is 1. The molecular weight excluding hydrogens is 469 g/mol. The third-order valence-corrected chi connectivity index (χ3v) is 7.34. The van der Waals surface area contributed by atoms with Gasteiger partial charge in [-0.2, -0.15) is 0 Å². The molecule has 2 aromatic carbocycles. The Balaban J connectivity index is 1.24. The molecule has 1 fully saturated rings. The number of pyridine rings is 1. The fourth-order valence-electron chi connectivity index (χ4n) is 4.58. The van der Waals surface area contributed by atoms with Crippen molar-refractivity contribution >= 4 is 44.2 Å². The third kappa shape index (κ3) is 5.01. The van der Waals surface area contributed by atoms with E-state index in [1.165, 1.54) is 17.7 Å². The molecule has 9 heteroatoms. The molecule has 2 aromatic heterocycles. The minimum absolute atomic E-state index is 0.191. The van der Waals surface area contributed by atoms with Crippen LogP contribution in [0.3, 0.4) is 0 Å². The Bertz CT molecular complexity index is 1430. The standard InChI is InChI=1S/C26H26FN3O4S/c1-33-26(32)34-17-30-22-14-18(2-3-19(22)4-5-25(30)31)6-8-28-9-11-29(12-10-28)23-15-20(27)16-24-21(23)7-13-35-24/h2-5,7,13-16H,6,8-12,17H2,1H3. The number of halogens is 1. The van der Waals surface area contributed by atoms with Crippen molar-refractivity contribution in [1.29, 1.82) is 0 Å². The van der Waals surface area contributed by atoms with E-state index < -0.39 is 6.16 Å². The van der Waals surface area contributed by atoms with Gasteiger partial charge in [-0.3, -0.25) is 14.3 Å². The van der Waals surface area contributed by atoms with Crippen LogP contribution in [0.15, 0.2) is 58.7 Å². The number of aromatic nitrogens is 1. The van der Waals surface area contributed by atoms with Gasteiger partial charge in [-0.1, -0.05) is 12.1 Å². The van der Waals surface area contributed by atoms with Crippen molar-refractivity contribution in [2.24, 2.45) is 0 Å². The summed E-state index contributed by atoms with van der Waals surface area (Å²) in [6, 6.07) is 14.6. The van der Waals surface area contributed by atoms with E-state index in [-0.39, 0.29) is 18.1 Å². The lowest BCUT2D eigenvalue weighted by atomic mass is 10.1. The zero-order valence-corrected chi connectivity index (χ0v) is 20.2. The number of fused-ring (bicyclic) bond motifs is 2. The van der Waals surface area contributed by atoms with Crippen molar-refractivity contribution in [2.45, 2.75) is 13.2 Å². The number of ether oxygens (including phenoxy) is 2. The van der Waals surface area contributed by atoms with Gasteiger partial charge in [0.05, 0.1) is 12.6 Å². The van der Waals surface area contributed by atoms with E-state index in [1.54, 1.807) is 29.5 Å². The van der Waals surface area contributed by atoms with E-state index in [2.05, 4.69) is 26.7 Å². The van der Waals surface area contributed by atoms with Crippen LogP contribution in [-0.4, -0.2) is 55.5 Å². The Morgan fingerprint density at radius 3 is 2.66 bits per heavy atom. The molecule has 0 radical (unpaired) electrons. The average Bonchev–Trinajstić information content (AvgIpc) is 3.35. The van der Waals surface area contributed by atoms with Crippen LogP contribution in [0.5, 0.6) is 0 Å². The van der Waals surface area contributed by atoms with Crippen molar-refractivity contribution in [1.82, 2.24) is 9.47 Å². The molecule has 0 bridgehead atoms. The smallest absolute Gasteiger partial charge is 0.438 e. The quantitative estimate of drug-likeness (QED) is 0.368. The van der Waals surface area contributed by atoms with Gasteiger partial charge in [0.15, 0.2) is 6.73 Å². The van der Waals surface area contributed by atoms with Crippen LogP contribution in [0.2, 0.25) is 0 Å². The second-order valence-electron chi connectivity index (χ2n) is 8.56. The first-order chi connectivity index (χ1) is 17.0. The van der Waals surface area contributed by atoms with E-state index in [9.17, 15) is 14.0 Å². The maximum Gasteiger partial charge on any atom is 0.509 e. The number of anilines is 1. The lowest BCUT2D eigenvalue weighted by molar-refractivity contribution is 0.0490. The van der Waals surface area contributed by atoms with Crippen molar-refractivity contribution in [3.63, 3.8) is 0 Å². The Morgan fingerprint density at radius 1 is 1.06 bits per heavy atom. The van der Waals surface area contributed by atoms with Gasteiger partial charge in [0.25, 0.3) is 5.56 Å². The number of methoxy groups -OCH3 is 1. The van der Waals surface area contributed by atoms with E-state index in [0.29, 0.717) is 0 Å². The van der Waals surface area contributed by atoms with Gasteiger partial charge in [0, 0.05) is 54.6 Å². The summed E-state index contributed by atoms with van der Waals surface area (Å²) < 4.78 is 26.0. The number of carbonyl (C=O) groups excluding carboxylic acids is 1. The van der Waals surface area contributed by atoms with Gasteiger partial charge in [-0.05, 0) is 53.1 Å². The fraction of sp³-hybridized carbons (Fsp3) is 0.308. The number of thiophene rings is 1. The molecule has 0 saturated carbocycles. The molecule has 1 aliphatic rings. The second-order valence-corrected chi connectivity index (χ2v) is 9.50. The normalized spacial score (nSPS) is 14.5. The fourth-order valence-corrected chi connectivity index (χ4v) is 5.41. The van der Waals surface area contributed by atoms with E-state index in [4.69, 9.17) is 4.74 Å². The molecule has 1 saturated heterocycles. The zero-order valence-electron chi connectivity index (χ0n) is 19.4. The first kappa shape index (κ1) is 23.3. The topological polar surface area (TPSA) is 64.0 Å². The summed E-state index contributed by atoms with van der Waals surface area (Å²) in [5.74, 6) is -0.191. The third-order valence-electron chi connectivity index (χ3n) is 6.48. The minimum Gasteiger partial charge on any atom is -0.438 e. The van der Waals surface area contributed by atoms with Crippen LogP contribution in [-0.2, 0) is 22.6 Å². The van der Waals surface area contributed by atoms with Crippen LogP contribution in [0.1, 0.15) is 5.56 Å². The molecule has 4 aromatic rings. The molecule has 0 aliphatic carbocycles. The molecule has 0 unspecified atom stereocenters. The number of nitrogens with zero attached hydrogens (tertiary/aromatic N) is 3. The highest BCUT2D eigenvalue weighted by Gasteiger charge is 2.20. The van der Waals surface area contributed by atoms with Gasteiger partial charge in [0.2, 0.25) is 0 Å². The molecule has 0 amide bonds. The van der Waals surface area contributed by atoms with Gasteiger partial charge in [-0.25, -0.2) is 9.18 Å². The monoisotopic (exact) mass is 495 g/mol. The van der Waals surface area contributed by atoms with Crippen LogP contribution in [0.25, 0.3) is 21.0 Å². The van der Waals surface area contributed by atoms with Gasteiger partial charge >= 0.3 is 6.16 Å². The minimum atomic E-state index is -0.831. The average molecular weight is 496 g/mol. The van der Waals surface area contributed by atoms with Crippen molar-refractivity contribution in [2.75, 3.05) is 44.7 Å². The lowest BCUT2D eigenvalue weighted by Gasteiger charge is -2.36. The lowest BCUT2D eigenvalue weighted by Crippen LogP contribution is -2.47. The number of rotatable bonds is 6. The molecule has 0 spiro atoms. The number of benzene rings is 2. The van der Waals surface area contributed by atoms with Crippen molar-refractivity contribution in [3.05, 3.63) is 75.6 Å². The van der Waals surface area contributed by atoms with Gasteiger partial charge in [0.1, 0.15) is 5.82 Å². The zero-order chi connectivity index (χ0) is 24.4. The van der Waals surface area contributed by atoms with Crippen LogP contribution in [0, 0.1) is 5.82 Å². The summed E-state index contributed by atoms with van der Waals surface area (Å²) in [5, 5.41) is 4.02. The highest BCUT2D eigenvalue weighted by atomic mass is 32.1. The summed E-state index contributed by atoms with van der Waals surface area (Å²) in [6.07, 6.45) is -0.00630. The molecule has 1 aliphatic heterocycles. The van der Waals surface area contributed by atoms with E-state index in [1.807, 2.05) is 17.5 Å². The molecule has 182 valence electrons. The molecule has 3 heterocycles. The van der Waals surface area contributed by atoms with Crippen LogP contribution >= 0.6 is 11.3 Å². The molecule has 0 N–H and O–H groups in total. The molecule has 7 nitrogen and oxygen atoms in total.